The van der Waals surface area contributed by atoms with Gasteiger partial charge in [0.2, 0.25) is 0 Å². The van der Waals surface area contributed by atoms with Crippen molar-refractivity contribution >= 4 is 50.5 Å². The van der Waals surface area contributed by atoms with Gasteiger partial charge in [0.25, 0.3) is 0 Å². The molecule has 0 bridgehead atoms. The first-order valence-electron chi connectivity index (χ1n) is 4.80. The third-order valence-electron chi connectivity index (χ3n) is 2.67. The molecule has 1 aromatic rings. The summed E-state index contributed by atoms with van der Waals surface area (Å²) < 4.78 is 6.59. The van der Waals surface area contributed by atoms with Gasteiger partial charge in [0.1, 0.15) is 0 Å². The van der Waals surface area contributed by atoms with E-state index in [0.717, 1.165) is 26.7 Å². The number of hydrogen-bond donors (Lipinski definition) is 0. The van der Waals surface area contributed by atoms with Crippen LogP contribution in [-0.2, 0) is 4.74 Å². The highest BCUT2D eigenvalue weighted by molar-refractivity contribution is 9.11. The molecule has 0 spiro atoms. The fourth-order valence-electron chi connectivity index (χ4n) is 1.75. The predicted molar refractivity (Wildman–Crippen MR) is 69.1 cm³/mol. The second kappa shape index (κ2) is 4.92. The van der Waals surface area contributed by atoms with Crippen molar-refractivity contribution < 1.29 is 4.74 Å². The van der Waals surface area contributed by atoms with Crippen molar-refractivity contribution in [2.45, 2.75) is 24.8 Å². The number of halogens is 3. The average Bonchev–Trinajstić information content (AvgIpc) is 2.74. The molecule has 2 rings (SSSR count). The lowest BCUT2D eigenvalue weighted by Gasteiger charge is -2.19. The number of thiophene rings is 1. The van der Waals surface area contributed by atoms with Crippen LogP contribution in [0.2, 0.25) is 5.02 Å². The van der Waals surface area contributed by atoms with Gasteiger partial charge in [0.15, 0.2) is 0 Å². The topological polar surface area (TPSA) is 9.23 Å². The van der Waals surface area contributed by atoms with Crippen LogP contribution in [0.3, 0.4) is 0 Å². The summed E-state index contributed by atoms with van der Waals surface area (Å²) >= 11 is 17.4. The zero-order chi connectivity index (χ0) is 11.0. The molecule has 2 heterocycles. The molecule has 1 aliphatic rings. The van der Waals surface area contributed by atoms with E-state index in [-0.39, 0.29) is 11.5 Å². The van der Waals surface area contributed by atoms with Crippen molar-refractivity contribution in [3.8, 4) is 0 Å². The van der Waals surface area contributed by atoms with Gasteiger partial charge in [0, 0.05) is 11.5 Å². The van der Waals surface area contributed by atoms with Gasteiger partial charge in [-0.15, -0.1) is 22.9 Å². The van der Waals surface area contributed by atoms with Crippen LogP contribution in [0.15, 0.2) is 9.85 Å². The summed E-state index contributed by atoms with van der Waals surface area (Å²) in [7, 11) is 0. The van der Waals surface area contributed by atoms with Gasteiger partial charge in [-0.1, -0.05) is 18.5 Å². The van der Waals surface area contributed by atoms with Crippen molar-refractivity contribution in [1.82, 2.24) is 0 Å². The van der Waals surface area contributed by atoms with E-state index in [1.807, 2.05) is 6.07 Å². The van der Waals surface area contributed by atoms with Crippen LogP contribution in [0.1, 0.15) is 23.6 Å². The lowest BCUT2D eigenvalue weighted by molar-refractivity contribution is 0.0910. The smallest absolute Gasteiger partial charge is 0.0943 e. The Balaban J connectivity index is 2.16. The zero-order valence-corrected chi connectivity index (χ0v) is 12.1. The quantitative estimate of drug-likeness (QED) is 0.703. The molecule has 3 unspecified atom stereocenters. The predicted octanol–water partition coefficient (Wildman–Crippen LogP) is 4.87. The summed E-state index contributed by atoms with van der Waals surface area (Å²) in [6.07, 6.45) is 1.21. The van der Waals surface area contributed by atoms with E-state index in [4.69, 9.17) is 27.9 Å². The first-order chi connectivity index (χ1) is 7.09. The zero-order valence-electron chi connectivity index (χ0n) is 8.17. The third kappa shape index (κ3) is 2.52. The molecule has 5 heteroatoms. The fourth-order valence-corrected chi connectivity index (χ4v) is 4.03. The van der Waals surface area contributed by atoms with Crippen molar-refractivity contribution in [1.29, 1.82) is 0 Å². The molecule has 0 amide bonds. The van der Waals surface area contributed by atoms with Gasteiger partial charge >= 0.3 is 0 Å². The minimum Gasteiger partial charge on any atom is -0.376 e. The normalized spacial score (nSPS) is 28.3. The van der Waals surface area contributed by atoms with Crippen LogP contribution >= 0.6 is 50.5 Å². The Kier molecular flexibility index (Phi) is 4.00. The van der Waals surface area contributed by atoms with E-state index in [0.29, 0.717) is 5.92 Å². The summed E-state index contributed by atoms with van der Waals surface area (Å²) in [4.78, 5) is 1.08. The maximum atomic E-state index is 6.40. The van der Waals surface area contributed by atoms with Crippen molar-refractivity contribution in [2.24, 2.45) is 5.92 Å². The second-order valence-corrected chi connectivity index (χ2v) is 7.05. The molecule has 1 aliphatic heterocycles. The van der Waals surface area contributed by atoms with E-state index >= 15 is 0 Å². The molecule has 3 atom stereocenters. The molecule has 1 saturated heterocycles. The monoisotopic (exact) mass is 328 g/mol. The van der Waals surface area contributed by atoms with E-state index in [9.17, 15) is 0 Å². The van der Waals surface area contributed by atoms with Gasteiger partial charge in [-0.2, -0.15) is 0 Å². The SMILES string of the molecule is CC1CCOC1C(Cl)c1cc(Cl)c(Br)s1. The molecule has 15 heavy (non-hydrogen) atoms. The standard InChI is InChI=1S/C10H11BrCl2OS/c1-5-2-3-14-9(5)8(13)7-4-6(12)10(11)15-7/h4-5,8-9H,2-3H2,1H3. The third-order valence-corrected chi connectivity index (χ3v) is 5.84. The summed E-state index contributed by atoms with van der Waals surface area (Å²) in [6.45, 7) is 2.99. The van der Waals surface area contributed by atoms with E-state index in [1.54, 1.807) is 11.3 Å². The second-order valence-electron chi connectivity index (χ2n) is 3.77. The molecule has 0 aliphatic carbocycles. The molecule has 1 fully saturated rings. The number of ether oxygens (including phenoxy) is 1. The van der Waals surface area contributed by atoms with Crippen molar-refractivity contribution in [3.63, 3.8) is 0 Å². The van der Waals surface area contributed by atoms with E-state index in [1.165, 1.54) is 0 Å². The van der Waals surface area contributed by atoms with Gasteiger partial charge in [-0.3, -0.25) is 0 Å². The Morgan fingerprint density at radius 3 is 2.87 bits per heavy atom. The number of alkyl halides is 1. The maximum Gasteiger partial charge on any atom is 0.0943 e. The summed E-state index contributed by atoms with van der Waals surface area (Å²) in [5.41, 5.74) is 0. The molecular weight excluding hydrogens is 319 g/mol. The molecule has 0 radical (unpaired) electrons. The fraction of sp³-hybridized carbons (Fsp3) is 0.600. The van der Waals surface area contributed by atoms with Crippen LogP contribution in [-0.4, -0.2) is 12.7 Å². The Bertz CT molecular complexity index is 336. The van der Waals surface area contributed by atoms with Gasteiger partial charge < -0.3 is 4.74 Å². The molecule has 0 N–H and O–H groups in total. The first kappa shape index (κ1) is 12.2. The highest BCUT2D eigenvalue weighted by Crippen LogP contribution is 2.42. The lowest BCUT2D eigenvalue weighted by Crippen LogP contribution is -2.18. The van der Waals surface area contributed by atoms with Crippen LogP contribution in [0.4, 0.5) is 0 Å². The molecule has 0 saturated carbocycles. The number of rotatable bonds is 2. The molecular formula is C10H11BrCl2OS. The van der Waals surface area contributed by atoms with Crippen LogP contribution in [0.5, 0.6) is 0 Å². The minimum absolute atomic E-state index is 0.0868. The Hall–Kier alpha value is 0.720. The molecule has 84 valence electrons. The van der Waals surface area contributed by atoms with E-state index < -0.39 is 0 Å². The lowest BCUT2D eigenvalue weighted by atomic mass is 10.0. The van der Waals surface area contributed by atoms with Crippen LogP contribution < -0.4 is 0 Å². The molecule has 0 aromatic carbocycles. The van der Waals surface area contributed by atoms with E-state index in [2.05, 4.69) is 22.9 Å². The molecule has 1 nitrogen and oxygen atoms in total. The Morgan fingerprint density at radius 1 is 1.67 bits per heavy atom. The summed E-state index contributed by atoms with van der Waals surface area (Å²) in [6, 6.07) is 1.92. The highest BCUT2D eigenvalue weighted by atomic mass is 79.9. The largest absolute Gasteiger partial charge is 0.376 e. The average molecular weight is 330 g/mol. The Morgan fingerprint density at radius 2 is 2.40 bits per heavy atom. The van der Waals surface area contributed by atoms with Gasteiger partial charge in [0.05, 0.1) is 20.3 Å². The van der Waals surface area contributed by atoms with Crippen LogP contribution in [0, 0.1) is 5.92 Å². The summed E-state index contributed by atoms with van der Waals surface area (Å²) in [5.74, 6) is 0.521. The molecule has 1 aromatic heterocycles. The first-order valence-corrected chi connectivity index (χ1v) is 7.22. The van der Waals surface area contributed by atoms with Crippen molar-refractivity contribution in [2.75, 3.05) is 6.61 Å². The number of hydrogen-bond acceptors (Lipinski definition) is 2. The minimum atomic E-state index is -0.0868. The Labute approximate surface area is 112 Å². The van der Waals surface area contributed by atoms with Crippen molar-refractivity contribution in [3.05, 3.63) is 19.8 Å². The summed E-state index contributed by atoms with van der Waals surface area (Å²) in [5, 5.41) is 0.641. The van der Waals surface area contributed by atoms with Gasteiger partial charge in [-0.05, 0) is 34.3 Å². The highest BCUT2D eigenvalue weighted by Gasteiger charge is 2.32. The maximum absolute atomic E-state index is 6.40. The van der Waals surface area contributed by atoms with Crippen LogP contribution in [0.25, 0.3) is 0 Å². The van der Waals surface area contributed by atoms with Gasteiger partial charge in [-0.25, -0.2) is 0 Å².